The number of fused-ring (bicyclic) bond motifs is 1. The second kappa shape index (κ2) is 7.41. The van der Waals surface area contributed by atoms with E-state index in [-0.39, 0.29) is 0 Å². The zero-order chi connectivity index (χ0) is 17.2. The lowest BCUT2D eigenvalue weighted by atomic mass is 10.1. The van der Waals surface area contributed by atoms with Crippen LogP contribution >= 0.6 is 34.7 Å². The van der Waals surface area contributed by atoms with Crippen molar-refractivity contribution in [3.8, 4) is 10.6 Å². The van der Waals surface area contributed by atoms with Crippen molar-refractivity contribution in [3.63, 3.8) is 0 Å². The molecule has 1 aliphatic heterocycles. The molecule has 0 N–H and O–H groups in total. The molecule has 0 aromatic carbocycles. The van der Waals surface area contributed by atoms with Crippen LogP contribution in [-0.2, 0) is 19.5 Å². The van der Waals surface area contributed by atoms with Crippen molar-refractivity contribution in [3.05, 3.63) is 57.8 Å². The summed E-state index contributed by atoms with van der Waals surface area (Å²) >= 11 is 9.15. The number of halogens is 1. The fourth-order valence-electron chi connectivity index (χ4n) is 2.96. The van der Waals surface area contributed by atoms with Gasteiger partial charge in [0.05, 0.1) is 20.6 Å². The summed E-state index contributed by atoms with van der Waals surface area (Å²) in [6, 6.07) is 8.15. The van der Waals surface area contributed by atoms with Crippen LogP contribution in [0.4, 0.5) is 0 Å². The molecule has 0 amide bonds. The maximum Gasteiger partial charge on any atom is 0.187 e. The molecule has 0 bridgehead atoms. The zero-order valence-electron chi connectivity index (χ0n) is 13.8. The highest BCUT2D eigenvalue weighted by atomic mass is 35.5. The summed E-state index contributed by atoms with van der Waals surface area (Å²) in [6.45, 7) is 2.80. The third-order valence-corrected chi connectivity index (χ3v) is 6.05. The fourth-order valence-corrected chi connectivity index (χ4v) is 4.34. The first kappa shape index (κ1) is 17.0. The Morgan fingerprint density at radius 2 is 2.12 bits per heavy atom. The summed E-state index contributed by atoms with van der Waals surface area (Å²) in [5.41, 5.74) is 4.62. The highest BCUT2D eigenvalue weighted by Crippen LogP contribution is 2.29. The van der Waals surface area contributed by atoms with Gasteiger partial charge >= 0.3 is 0 Å². The van der Waals surface area contributed by atoms with E-state index in [9.17, 15) is 0 Å². The normalized spacial score (nSPS) is 14.5. The first-order valence-electron chi connectivity index (χ1n) is 8.03. The first-order valence-corrected chi connectivity index (χ1v) is 10.4. The molecule has 0 aliphatic carbocycles. The van der Waals surface area contributed by atoms with Crippen LogP contribution in [0.2, 0.25) is 4.34 Å². The minimum atomic E-state index is 0.791. The van der Waals surface area contributed by atoms with Crippen molar-refractivity contribution in [1.82, 2.24) is 19.9 Å². The van der Waals surface area contributed by atoms with Crippen LogP contribution in [0.1, 0.15) is 16.8 Å². The van der Waals surface area contributed by atoms with Crippen LogP contribution in [0.3, 0.4) is 0 Å². The van der Waals surface area contributed by atoms with Gasteiger partial charge in [0.25, 0.3) is 0 Å². The molecule has 0 fully saturated rings. The van der Waals surface area contributed by atoms with Gasteiger partial charge in [-0.1, -0.05) is 29.4 Å². The Kier molecular flexibility index (Phi) is 5.03. The fraction of sp³-hybridized carbons (Fsp3) is 0.278. The van der Waals surface area contributed by atoms with E-state index >= 15 is 0 Å². The Balaban J connectivity index is 1.44. The van der Waals surface area contributed by atoms with Gasteiger partial charge in [-0.15, -0.1) is 11.3 Å². The molecule has 0 saturated carbocycles. The van der Waals surface area contributed by atoms with E-state index in [4.69, 9.17) is 11.6 Å². The van der Waals surface area contributed by atoms with Crippen LogP contribution < -0.4 is 0 Å². The van der Waals surface area contributed by atoms with Crippen LogP contribution in [0.15, 0.2) is 41.8 Å². The SMILES string of the molecule is CSc1ncc2c(n1)CCN(Cc1ccc(-c3ccc(Cl)s3)nc1)C2. The van der Waals surface area contributed by atoms with Gasteiger partial charge in [0.1, 0.15) is 0 Å². The lowest BCUT2D eigenvalue weighted by Gasteiger charge is -2.27. The number of thioether (sulfide) groups is 1. The van der Waals surface area contributed by atoms with E-state index < -0.39 is 0 Å². The van der Waals surface area contributed by atoms with Gasteiger partial charge < -0.3 is 0 Å². The summed E-state index contributed by atoms with van der Waals surface area (Å²) in [5.74, 6) is 0. The van der Waals surface area contributed by atoms with Crippen molar-refractivity contribution >= 4 is 34.7 Å². The van der Waals surface area contributed by atoms with Crippen molar-refractivity contribution in [2.24, 2.45) is 0 Å². The molecule has 0 radical (unpaired) electrons. The molecule has 0 spiro atoms. The van der Waals surface area contributed by atoms with E-state index in [0.717, 1.165) is 46.1 Å². The number of hydrogen-bond acceptors (Lipinski definition) is 6. The number of aromatic nitrogens is 3. The van der Waals surface area contributed by atoms with E-state index in [2.05, 4.69) is 32.0 Å². The molecule has 3 aromatic heterocycles. The highest BCUT2D eigenvalue weighted by Gasteiger charge is 2.18. The lowest BCUT2D eigenvalue weighted by molar-refractivity contribution is 0.242. The van der Waals surface area contributed by atoms with Crippen LogP contribution in [0.5, 0.6) is 0 Å². The second-order valence-corrected chi connectivity index (χ2v) is 8.43. The van der Waals surface area contributed by atoms with Crippen LogP contribution in [0.25, 0.3) is 10.6 Å². The predicted octanol–water partition coefficient (Wildman–Crippen LogP) is 4.53. The maximum absolute atomic E-state index is 6.00. The molecule has 1 aliphatic rings. The quantitative estimate of drug-likeness (QED) is 0.485. The molecule has 3 aromatic rings. The van der Waals surface area contributed by atoms with E-state index in [1.54, 1.807) is 23.1 Å². The Hall–Kier alpha value is -1.47. The Morgan fingerprint density at radius 3 is 2.84 bits per heavy atom. The number of thiophene rings is 1. The molecular formula is C18H17ClN4S2. The van der Waals surface area contributed by atoms with Crippen molar-refractivity contribution in [1.29, 1.82) is 0 Å². The van der Waals surface area contributed by atoms with Gasteiger partial charge in [-0.25, -0.2) is 9.97 Å². The van der Waals surface area contributed by atoms with Crippen LogP contribution in [0, 0.1) is 0 Å². The largest absolute Gasteiger partial charge is 0.294 e. The number of pyridine rings is 1. The van der Waals surface area contributed by atoms with E-state index in [1.807, 2.05) is 30.8 Å². The van der Waals surface area contributed by atoms with Gasteiger partial charge in [0, 0.05) is 44.0 Å². The Bertz CT molecular complexity index is 879. The molecule has 128 valence electrons. The van der Waals surface area contributed by atoms with Crippen LogP contribution in [-0.4, -0.2) is 32.7 Å². The molecule has 0 unspecified atom stereocenters. The summed E-state index contributed by atoms with van der Waals surface area (Å²) < 4.78 is 0.791. The Morgan fingerprint density at radius 1 is 1.20 bits per heavy atom. The number of nitrogens with zero attached hydrogens (tertiary/aromatic N) is 4. The average Bonchev–Trinajstić information content (AvgIpc) is 3.08. The van der Waals surface area contributed by atoms with Crippen molar-refractivity contribution in [2.45, 2.75) is 24.7 Å². The minimum absolute atomic E-state index is 0.791. The summed E-state index contributed by atoms with van der Waals surface area (Å²) in [4.78, 5) is 17.1. The average molecular weight is 389 g/mol. The smallest absolute Gasteiger partial charge is 0.187 e. The van der Waals surface area contributed by atoms with Gasteiger partial charge in [-0.2, -0.15) is 0 Å². The van der Waals surface area contributed by atoms with E-state index in [0.29, 0.717) is 0 Å². The molecule has 0 atom stereocenters. The summed E-state index contributed by atoms with van der Waals surface area (Å²) in [5, 5.41) is 0.862. The molecule has 0 saturated heterocycles. The Labute approximate surface area is 160 Å². The van der Waals surface area contributed by atoms with Crippen molar-refractivity contribution in [2.75, 3.05) is 12.8 Å². The minimum Gasteiger partial charge on any atom is -0.294 e. The molecule has 4 heterocycles. The topological polar surface area (TPSA) is 41.9 Å². The molecule has 4 rings (SSSR count). The summed E-state index contributed by atoms with van der Waals surface area (Å²) in [7, 11) is 0. The van der Waals surface area contributed by atoms with Gasteiger partial charge in [0.15, 0.2) is 5.16 Å². The number of hydrogen-bond donors (Lipinski definition) is 0. The lowest BCUT2D eigenvalue weighted by Crippen LogP contribution is -2.31. The second-order valence-electron chi connectivity index (χ2n) is 5.94. The zero-order valence-corrected chi connectivity index (χ0v) is 16.2. The highest BCUT2D eigenvalue weighted by molar-refractivity contribution is 7.98. The monoisotopic (exact) mass is 388 g/mol. The summed E-state index contributed by atoms with van der Waals surface area (Å²) in [6.07, 6.45) is 6.93. The molecule has 7 heteroatoms. The third kappa shape index (κ3) is 3.87. The maximum atomic E-state index is 6.00. The van der Waals surface area contributed by atoms with Gasteiger partial charge in [-0.3, -0.25) is 9.88 Å². The molecule has 25 heavy (non-hydrogen) atoms. The van der Waals surface area contributed by atoms with E-state index in [1.165, 1.54) is 16.8 Å². The standard InChI is InChI=1S/C18H17ClN4S2/c1-24-18-21-9-13-11-23(7-6-14(13)22-18)10-12-2-3-15(20-8-12)16-4-5-17(19)25-16/h2-5,8-9H,6-7,10-11H2,1H3. The molecule has 4 nitrogen and oxygen atoms in total. The third-order valence-electron chi connectivity index (χ3n) is 4.23. The van der Waals surface area contributed by atoms with Crippen molar-refractivity contribution < 1.29 is 0 Å². The molecular weight excluding hydrogens is 372 g/mol. The number of rotatable bonds is 4. The first-order chi connectivity index (χ1) is 12.2. The predicted molar refractivity (Wildman–Crippen MR) is 104 cm³/mol. The van der Waals surface area contributed by atoms with Gasteiger partial charge in [0.2, 0.25) is 0 Å². The van der Waals surface area contributed by atoms with Gasteiger partial charge in [-0.05, 0) is 30.0 Å².